The van der Waals surface area contributed by atoms with Crippen LogP contribution in [0, 0.1) is 5.92 Å². The van der Waals surface area contributed by atoms with E-state index in [1.807, 2.05) is 0 Å². The van der Waals surface area contributed by atoms with Gasteiger partial charge in [0, 0.05) is 12.7 Å². The van der Waals surface area contributed by atoms with Gasteiger partial charge in [0.25, 0.3) is 0 Å². The Morgan fingerprint density at radius 2 is 2.17 bits per heavy atom. The third kappa shape index (κ3) is 3.06. The van der Waals surface area contributed by atoms with Crippen molar-refractivity contribution in [3.05, 3.63) is 23.0 Å². The lowest BCUT2D eigenvalue weighted by Crippen LogP contribution is -2.34. The molecular weight excluding hydrogens is 252 g/mol. The van der Waals surface area contributed by atoms with Crippen molar-refractivity contribution >= 4 is 17.6 Å². The number of carboxylic acid groups (broad SMARTS) is 1. The number of aromatic nitrogens is 1. The number of aromatic carboxylic acids is 1. The van der Waals surface area contributed by atoms with Crippen molar-refractivity contribution in [2.45, 2.75) is 26.3 Å². The summed E-state index contributed by atoms with van der Waals surface area (Å²) in [5, 5.41) is 9.60. The summed E-state index contributed by atoms with van der Waals surface area (Å²) in [5.74, 6) is -0.359. The van der Waals surface area contributed by atoms with Crippen LogP contribution >= 0.6 is 11.6 Å². The van der Waals surface area contributed by atoms with E-state index in [1.54, 1.807) is 10.8 Å². The summed E-state index contributed by atoms with van der Waals surface area (Å²) in [4.78, 5) is 13.5. The van der Waals surface area contributed by atoms with Gasteiger partial charge in [-0.2, -0.15) is 0 Å². The number of rotatable bonds is 4. The van der Waals surface area contributed by atoms with Crippen LogP contribution in [-0.2, 0) is 6.54 Å². The Labute approximate surface area is 112 Å². The topological polar surface area (TPSA) is 45.5 Å². The van der Waals surface area contributed by atoms with Crippen LogP contribution < -0.4 is 0 Å². The minimum Gasteiger partial charge on any atom is -0.477 e. The van der Waals surface area contributed by atoms with Crippen molar-refractivity contribution in [2.75, 3.05) is 19.6 Å². The Kier molecular flexibility index (Phi) is 4.30. The summed E-state index contributed by atoms with van der Waals surface area (Å²) in [7, 11) is 0. The zero-order valence-electron chi connectivity index (χ0n) is 10.6. The molecule has 0 saturated carbocycles. The summed E-state index contributed by atoms with van der Waals surface area (Å²) in [5.41, 5.74) is 0.290. The van der Waals surface area contributed by atoms with Gasteiger partial charge in [-0.05, 0) is 44.5 Å². The van der Waals surface area contributed by atoms with Crippen LogP contribution in [0.15, 0.2) is 12.3 Å². The van der Waals surface area contributed by atoms with Crippen molar-refractivity contribution < 1.29 is 9.90 Å². The van der Waals surface area contributed by atoms with Crippen molar-refractivity contribution in [3.63, 3.8) is 0 Å². The fourth-order valence-corrected chi connectivity index (χ4v) is 2.79. The lowest BCUT2D eigenvalue weighted by molar-refractivity contribution is 0.0682. The van der Waals surface area contributed by atoms with Crippen molar-refractivity contribution in [2.24, 2.45) is 5.92 Å². The highest BCUT2D eigenvalue weighted by Gasteiger charge is 2.20. The second-order valence-electron chi connectivity index (χ2n) is 4.88. The second-order valence-corrected chi connectivity index (χ2v) is 5.32. The molecule has 2 rings (SSSR count). The molecule has 1 aromatic heterocycles. The molecule has 0 amide bonds. The average molecular weight is 271 g/mol. The summed E-state index contributed by atoms with van der Waals surface area (Å²) in [6.07, 6.45) is 3.97. The van der Waals surface area contributed by atoms with E-state index in [9.17, 15) is 4.79 Å². The first kappa shape index (κ1) is 13.4. The Morgan fingerprint density at radius 1 is 1.50 bits per heavy atom. The largest absolute Gasteiger partial charge is 0.477 e. The molecule has 1 fully saturated rings. The van der Waals surface area contributed by atoms with Gasteiger partial charge in [-0.15, -0.1) is 0 Å². The van der Waals surface area contributed by atoms with E-state index in [1.165, 1.54) is 6.07 Å². The predicted molar refractivity (Wildman–Crippen MR) is 71.2 cm³/mol. The maximum absolute atomic E-state index is 11.1. The monoisotopic (exact) mass is 270 g/mol. The van der Waals surface area contributed by atoms with Crippen LogP contribution in [0.25, 0.3) is 0 Å². The second kappa shape index (κ2) is 5.76. The minimum atomic E-state index is -0.909. The van der Waals surface area contributed by atoms with Crippen LogP contribution in [-0.4, -0.2) is 40.2 Å². The number of hydrogen-bond donors (Lipinski definition) is 1. The highest BCUT2D eigenvalue weighted by atomic mass is 35.5. The predicted octanol–water partition coefficient (Wildman–Crippen LogP) is 2.57. The quantitative estimate of drug-likeness (QED) is 0.915. The lowest BCUT2D eigenvalue weighted by Gasteiger charge is -2.31. The first-order valence-electron chi connectivity index (χ1n) is 6.41. The van der Waals surface area contributed by atoms with Crippen molar-refractivity contribution in [1.29, 1.82) is 0 Å². The summed E-state index contributed by atoms with van der Waals surface area (Å²) >= 11 is 5.88. The molecular formula is C13H19ClN2O2. The number of hydrogen-bond acceptors (Lipinski definition) is 2. The molecule has 5 heteroatoms. The molecule has 1 aromatic rings. The third-order valence-electron chi connectivity index (χ3n) is 3.69. The standard InChI is InChI=1S/C13H19ClN2O2/c1-2-15-5-3-10(4-6-15)8-16-9-11(14)7-12(16)13(17)18/h7,9-10H,2-6,8H2,1H3,(H,17,18). The molecule has 1 aliphatic heterocycles. The van der Waals surface area contributed by atoms with E-state index in [-0.39, 0.29) is 5.69 Å². The van der Waals surface area contributed by atoms with Crippen LogP contribution in [0.2, 0.25) is 5.02 Å². The van der Waals surface area contributed by atoms with Crippen LogP contribution in [0.3, 0.4) is 0 Å². The Hall–Kier alpha value is -1.00. The third-order valence-corrected chi connectivity index (χ3v) is 3.90. The molecule has 4 nitrogen and oxygen atoms in total. The highest BCUT2D eigenvalue weighted by Crippen LogP contribution is 2.22. The summed E-state index contributed by atoms with van der Waals surface area (Å²) in [6, 6.07) is 1.52. The molecule has 1 saturated heterocycles. The van der Waals surface area contributed by atoms with E-state index in [2.05, 4.69) is 11.8 Å². The number of carbonyl (C=O) groups is 1. The molecule has 1 aliphatic rings. The van der Waals surface area contributed by atoms with Gasteiger partial charge in [0.15, 0.2) is 0 Å². The Bertz CT molecular complexity index is 423. The zero-order valence-corrected chi connectivity index (χ0v) is 11.4. The average Bonchev–Trinajstić information content (AvgIpc) is 2.71. The van der Waals surface area contributed by atoms with Gasteiger partial charge in [0.1, 0.15) is 5.69 Å². The number of nitrogens with zero attached hydrogens (tertiary/aromatic N) is 2. The number of carboxylic acids is 1. The van der Waals surface area contributed by atoms with Gasteiger partial charge < -0.3 is 14.6 Å². The van der Waals surface area contributed by atoms with E-state index in [0.717, 1.165) is 39.0 Å². The molecule has 18 heavy (non-hydrogen) atoms. The van der Waals surface area contributed by atoms with E-state index in [4.69, 9.17) is 16.7 Å². The van der Waals surface area contributed by atoms with Gasteiger partial charge in [-0.1, -0.05) is 18.5 Å². The molecule has 0 atom stereocenters. The highest BCUT2D eigenvalue weighted by molar-refractivity contribution is 6.30. The van der Waals surface area contributed by atoms with Crippen molar-refractivity contribution in [3.8, 4) is 0 Å². The minimum absolute atomic E-state index is 0.290. The maximum atomic E-state index is 11.1. The van der Waals surface area contributed by atoms with Gasteiger partial charge in [0.05, 0.1) is 5.02 Å². The molecule has 0 spiro atoms. The van der Waals surface area contributed by atoms with E-state index < -0.39 is 5.97 Å². The van der Waals surface area contributed by atoms with E-state index in [0.29, 0.717) is 10.9 Å². The summed E-state index contributed by atoms with van der Waals surface area (Å²) in [6.45, 7) is 6.25. The molecule has 2 heterocycles. The van der Waals surface area contributed by atoms with Gasteiger partial charge in [-0.3, -0.25) is 0 Å². The maximum Gasteiger partial charge on any atom is 0.352 e. The zero-order chi connectivity index (χ0) is 13.1. The van der Waals surface area contributed by atoms with Crippen LogP contribution in [0.5, 0.6) is 0 Å². The Balaban J connectivity index is 2.00. The Morgan fingerprint density at radius 3 is 2.72 bits per heavy atom. The van der Waals surface area contributed by atoms with Gasteiger partial charge in [-0.25, -0.2) is 4.79 Å². The first-order valence-corrected chi connectivity index (χ1v) is 6.79. The van der Waals surface area contributed by atoms with Crippen LogP contribution in [0.1, 0.15) is 30.3 Å². The first-order chi connectivity index (χ1) is 8.60. The van der Waals surface area contributed by atoms with Crippen molar-refractivity contribution in [1.82, 2.24) is 9.47 Å². The molecule has 0 bridgehead atoms. The molecule has 0 radical (unpaired) electrons. The molecule has 0 aliphatic carbocycles. The van der Waals surface area contributed by atoms with Crippen LogP contribution in [0.4, 0.5) is 0 Å². The number of piperidine rings is 1. The van der Waals surface area contributed by atoms with Gasteiger partial charge >= 0.3 is 5.97 Å². The smallest absolute Gasteiger partial charge is 0.352 e. The number of likely N-dealkylation sites (tertiary alicyclic amines) is 1. The normalized spacial score (nSPS) is 18.1. The SMILES string of the molecule is CCN1CCC(Cn2cc(Cl)cc2C(=O)O)CC1. The number of halogens is 1. The molecule has 100 valence electrons. The molecule has 0 unspecified atom stereocenters. The van der Waals surface area contributed by atoms with Gasteiger partial charge in [0.2, 0.25) is 0 Å². The fraction of sp³-hybridized carbons (Fsp3) is 0.615. The molecule has 0 aromatic carbocycles. The summed E-state index contributed by atoms with van der Waals surface area (Å²) < 4.78 is 1.77. The lowest BCUT2D eigenvalue weighted by atomic mass is 9.96. The fourth-order valence-electron chi connectivity index (χ4n) is 2.57. The molecule has 1 N–H and O–H groups in total. The van der Waals surface area contributed by atoms with E-state index >= 15 is 0 Å².